The molecule has 0 aromatic carbocycles. The van der Waals surface area contributed by atoms with E-state index in [9.17, 15) is 16.8 Å². The zero-order valence-corrected chi connectivity index (χ0v) is 23.4. The Bertz CT molecular complexity index is 658. The van der Waals surface area contributed by atoms with Crippen molar-refractivity contribution in [2.24, 2.45) is 0 Å². The molecule has 6 nitrogen and oxygen atoms in total. The molecular formula is C20H42O6S2Si2. The van der Waals surface area contributed by atoms with E-state index in [0.29, 0.717) is 0 Å². The number of hydrogen-bond donors (Lipinski definition) is 0. The molecule has 0 aromatic heterocycles. The molecule has 178 valence electrons. The maximum atomic E-state index is 12.6. The van der Waals surface area contributed by atoms with Crippen LogP contribution in [-0.4, -0.2) is 33.5 Å². The van der Waals surface area contributed by atoms with Crippen LogP contribution in [0.3, 0.4) is 0 Å². The van der Waals surface area contributed by atoms with Gasteiger partial charge in [-0.25, -0.2) is 0 Å². The molecule has 0 aliphatic heterocycles. The van der Waals surface area contributed by atoms with E-state index in [2.05, 4.69) is 0 Å². The van der Waals surface area contributed by atoms with Gasteiger partial charge in [-0.1, -0.05) is 80.1 Å². The van der Waals surface area contributed by atoms with Gasteiger partial charge in [0.15, 0.2) is 0 Å². The van der Waals surface area contributed by atoms with Crippen LogP contribution in [0.4, 0.5) is 0 Å². The Balaban J connectivity index is 5.78. The number of hydrogen-bond acceptors (Lipinski definition) is 6. The summed E-state index contributed by atoms with van der Waals surface area (Å²) in [6, 6.07) is 4.32. The van der Waals surface area contributed by atoms with Gasteiger partial charge in [0.05, 0.1) is 10.5 Å². The van der Waals surface area contributed by atoms with Crippen molar-refractivity contribution in [1.29, 1.82) is 0 Å². The first-order valence-corrected chi connectivity index (χ1v) is 19.3. The second-order valence-corrected chi connectivity index (χ2v) is 19.4. The third-order valence-electron chi connectivity index (χ3n) is 5.10. The van der Waals surface area contributed by atoms with E-state index in [4.69, 9.17) is 7.74 Å². The Morgan fingerprint density at radius 1 is 0.500 bits per heavy atom. The largest absolute Gasteiger partial charge is 0.329 e. The molecule has 0 saturated heterocycles. The highest BCUT2D eigenvalue weighted by atomic mass is 32.2. The van der Waals surface area contributed by atoms with E-state index in [0.717, 1.165) is 74.8 Å². The van der Waals surface area contributed by atoms with Crippen LogP contribution in [0.1, 0.15) is 80.1 Å². The van der Waals surface area contributed by atoms with Crippen LogP contribution in [0, 0.1) is 10.5 Å². The summed E-state index contributed by atoms with van der Waals surface area (Å²) < 4.78 is 61.6. The maximum absolute atomic E-state index is 12.6. The molecule has 0 N–H and O–H groups in total. The summed E-state index contributed by atoms with van der Waals surface area (Å²) >= 11 is 0. The van der Waals surface area contributed by atoms with Gasteiger partial charge in [0.1, 0.15) is 0 Å². The van der Waals surface area contributed by atoms with Crippen molar-refractivity contribution in [2.75, 3.05) is 0 Å². The summed E-state index contributed by atoms with van der Waals surface area (Å²) in [5.74, 6) is 0. The monoisotopic (exact) mass is 498 g/mol. The molecule has 0 aliphatic carbocycles. The van der Waals surface area contributed by atoms with Gasteiger partial charge in [0, 0.05) is 0 Å². The van der Waals surface area contributed by atoms with Gasteiger partial charge in [-0.15, -0.1) is 0 Å². The molecule has 0 aliphatic rings. The Hall–Kier alpha value is -0.186. The Kier molecular flexibility index (Phi) is 14.0. The highest BCUT2D eigenvalue weighted by Crippen LogP contribution is 2.30. The lowest BCUT2D eigenvalue weighted by Crippen LogP contribution is -2.40. The van der Waals surface area contributed by atoms with Gasteiger partial charge in [-0.3, -0.25) is 0 Å². The Morgan fingerprint density at radius 2 is 0.700 bits per heavy atom. The van der Waals surface area contributed by atoms with Gasteiger partial charge in [0.25, 0.3) is 0 Å². The summed E-state index contributed by atoms with van der Waals surface area (Å²) in [6.45, 7) is 12.0. The van der Waals surface area contributed by atoms with Crippen molar-refractivity contribution in [3.63, 3.8) is 0 Å². The predicted octanol–water partition coefficient (Wildman–Crippen LogP) is 5.95. The van der Waals surface area contributed by atoms with Crippen molar-refractivity contribution in [2.45, 2.75) is 116 Å². The first-order chi connectivity index (χ1) is 14.0. The second kappa shape index (κ2) is 14.1. The van der Waals surface area contributed by atoms with Gasteiger partial charge in [-0.2, -0.15) is 16.8 Å². The predicted molar refractivity (Wildman–Crippen MR) is 130 cm³/mol. The third kappa shape index (κ3) is 10.9. The molecule has 0 saturated carbocycles. The molecular weight excluding hydrogens is 457 g/mol. The summed E-state index contributed by atoms with van der Waals surface area (Å²) in [5, 5.41) is 3.85. The van der Waals surface area contributed by atoms with Gasteiger partial charge < -0.3 is 7.74 Å². The summed E-state index contributed by atoms with van der Waals surface area (Å²) in [5.41, 5.74) is 0. The minimum absolute atomic E-state index is 0.721. The fraction of sp³-hybridized carbons (Fsp3) is 0.900. The molecule has 0 aromatic rings. The zero-order chi connectivity index (χ0) is 23.3. The molecule has 30 heavy (non-hydrogen) atoms. The van der Waals surface area contributed by atoms with Crippen molar-refractivity contribution in [1.82, 2.24) is 0 Å². The average molecular weight is 499 g/mol. The Morgan fingerprint density at radius 3 is 0.867 bits per heavy atom. The molecule has 0 spiro atoms. The van der Waals surface area contributed by atoms with Crippen LogP contribution >= 0.6 is 0 Å². The first kappa shape index (κ1) is 29.8. The molecule has 0 heterocycles. The summed E-state index contributed by atoms with van der Waals surface area (Å²) in [4.78, 5) is 0. The quantitative estimate of drug-likeness (QED) is 0.193. The van der Waals surface area contributed by atoms with E-state index in [1.54, 1.807) is 0 Å². The second-order valence-electron chi connectivity index (χ2n) is 8.15. The van der Waals surface area contributed by atoms with E-state index in [-0.39, 0.29) is 0 Å². The molecule has 0 fully saturated rings. The smallest absolute Gasteiger partial charge is 0.305 e. The molecule has 0 rings (SSSR count). The van der Waals surface area contributed by atoms with E-state index < -0.39 is 36.9 Å². The maximum Gasteiger partial charge on any atom is 0.329 e. The van der Waals surface area contributed by atoms with Crippen LogP contribution in [0.15, 0.2) is 0 Å². The summed E-state index contributed by atoms with van der Waals surface area (Å²) in [7, 11) is -13.6. The normalized spacial score (nSPS) is 13.1. The van der Waals surface area contributed by atoms with Gasteiger partial charge >= 0.3 is 20.2 Å². The zero-order valence-electron chi connectivity index (χ0n) is 19.8. The highest BCUT2D eigenvalue weighted by Gasteiger charge is 2.39. The number of rotatable bonds is 16. The first-order valence-electron chi connectivity index (χ1n) is 11.4. The standard InChI is InChI=1S/C20H42O6S2Si2/c1-7-15-29(16-8-2,17-9-3)25-27(21,22)13-14-28(23,24)26-30(18-10-4,19-11-5)20-12-6/h7-12,15-20H2,1-6H3. The van der Waals surface area contributed by atoms with Crippen LogP contribution in [0.2, 0.25) is 36.3 Å². The molecule has 0 unspecified atom stereocenters. The van der Waals surface area contributed by atoms with Crippen LogP contribution < -0.4 is 0 Å². The van der Waals surface area contributed by atoms with Crippen molar-refractivity contribution < 1.29 is 24.6 Å². The van der Waals surface area contributed by atoms with E-state index in [1.165, 1.54) is 0 Å². The molecule has 0 bridgehead atoms. The molecule has 0 radical (unpaired) electrons. The average Bonchev–Trinajstić information content (AvgIpc) is 2.61. The fourth-order valence-electron chi connectivity index (χ4n) is 4.34. The molecule has 10 heteroatoms. The van der Waals surface area contributed by atoms with Crippen LogP contribution in [0.25, 0.3) is 0 Å². The Labute approximate surface area is 188 Å². The van der Waals surface area contributed by atoms with Crippen LogP contribution in [-0.2, 0) is 28.0 Å². The highest BCUT2D eigenvalue weighted by molar-refractivity contribution is 7.96. The van der Waals surface area contributed by atoms with Gasteiger partial charge in [0.2, 0.25) is 16.6 Å². The van der Waals surface area contributed by atoms with Crippen molar-refractivity contribution in [3.05, 3.63) is 0 Å². The third-order valence-corrected chi connectivity index (χ3v) is 19.0. The van der Waals surface area contributed by atoms with Crippen LogP contribution in [0.5, 0.6) is 0 Å². The lowest BCUT2D eigenvalue weighted by atomic mass is 10.6. The lowest BCUT2D eigenvalue weighted by Gasteiger charge is -2.29. The minimum atomic E-state index is -4.27. The lowest BCUT2D eigenvalue weighted by molar-refractivity contribution is 0.476. The topological polar surface area (TPSA) is 86.7 Å². The SMILES string of the molecule is CCC[Si](CCC)(CCC)OS(=O)(=O)C#CS(=O)(=O)O[Si](CCC)(CCC)CCC. The fourth-order valence-corrected chi connectivity index (χ4v) is 18.2. The summed E-state index contributed by atoms with van der Waals surface area (Å²) in [6.07, 6.45) is 4.97. The molecule has 0 atom stereocenters. The van der Waals surface area contributed by atoms with E-state index >= 15 is 0 Å². The molecule has 0 amide bonds. The minimum Gasteiger partial charge on any atom is -0.305 e. The van der Waals surface area contributed by atoms with E-state index in [1.807, 2.05) is 52.0 Å². The van der Waals surface area contributed by atoms with Crippen molar-refractivity contribution in [3.8, 4) is 10.5 Å². The van der Waals surface area contributed by atoms with Gasteiger partial charge in [-0.05, 0) is 36.3 Å². The van der Waals surface area contributed by atoms with Crippen molar-refractivity contribution >= 4 is 36.9 Å².